The molecule has 0 saturated carbocycles. The van der Waals surface area contributed by atoms with Crippen LogP contribution in [-0.4, -0.2) is 37.0 Å². The molecular weight excluding hydrogens is 370 g/mol. The highest BCUT2D eigenvalue weighted by Crippen LogP contribution is 2.09. The maximum atomic E-state index is 12.5. The van der Waals surface area contributed by atoms with Gasteiger partial charge in [-0.05, 0) is 17.4 Å². The average Bonchev–Trinajstić information content (AvgIpc) is 2.73. The summed E-state index contributed by atoms with van der Waals surface area (Å²) in [6, 6.07) is 8.64. The number of carbonyl (C=O) groups excluding carboxylic acids is 3. The number of nitrogens with one attached hydrogen (secondary N) is 3. The van der Waals surface area contributed by atoms with E-state index < -0.39 is 12.1 Å². The molecule has 7 heteroatoms. The van der Waals surface area contributed by atoms with Crippen molar-refractivity contribution < 1.29 is 19.1 Å². The molecule has 3 unspecified atom stereocenters. The standard InChI is InChI=1S/C22H34N3O4/c1-5-16(3)14-19(26)23-12-13-24-21(27)20(17(4)6-2)25-22(28)29-15-18-10-8-7-9-11-18/h7-11,14,16-17,20H,5-6,12-13,15H2,1-4H3,(H,23,26)(H,24,27)(H,25,28). The van der Waals surface area contributed by atoms with Crippen molar-refractivity contribution in [3.05, 3.63) is 42.3 Å². The topological polar surface area (TPSA) is 96.5 Å². The maximum Gasteiger partial charge on any atom is 0.408 e. The molecule has 0 aliphatic heterocycles. The third-order valence-electron chi connectivity index (χ3n) is 4.78. The van der Waals surface area contributed by atoms with E-state index in [1.54, 1.807) is 6.42 Å². The number of hydrogen-bond donors (Lipinski definition) is 3. The first kappa shape index (κ1) is 24.5. The van der Waals surface area contributed by atoms with Gasteiger partial charge in [0.05, 0.1) is 6.42 Å². The second kappa shape index (κ2) is 13.6. The van der Waals surface area contributed by atoms with Gasteiger partial charge in [0.1, 0.15) is 12.6 Å². The van der Waals surface area contributed by atoms with E-state index in [1.165, 1.54) is 0 Å². The second-order valence-corrected chi connectivity index (χ2v) is 7.20. The fourth-order valence-electron chi connectivity index (χ4n) is 2.51. The van der Waals surface area contributed by atoms with Gasteiger partial charge in [-0.25, -0.2) is 4.79 Å². The van der Waals surface area contributed by atoms with Crippen LogP contribution in [0.2, 0.25) is 0 Å². The quantitative estimate of drug-likeness (QED) is 0.467. The van der Waals surface area contributed by atoms with Gasteiger partial charge in [0.15, 0.2) is 0 Å². The molecule has 1 aromatic carbocycles. The molecule has 29 heavy (non-hydrogen) atoms. The summed E-state index contributed by atoms with van der Waals surface area (Å²) < 4.78 is 5.22. The Labute approximate surface area is 174 Å². The summed E-state index contributed by atoms with van der Waals surface area (Å²) in [5.41, 5.74) is 0.872. The van der Waals surface area contributed by atoms with Crippen molar-refractivity contribution in [3.63, 3.8) is 0 Å². The van der Waals surface area contributed by atoms with E-state index in [-0.39, 0.29) is 36.8 Å². The third-order valence-corrected chi connectivity index (χ3v) is 4.78. The number of benzene rings is 1. The fourth-order valence-corrected chi connectivity index (χ4v) is 2.51. The van der Waals surface area contributed by atoms with Crippen molar-refractivity contribution in [1.82, 2.24) is 16.0 Å². The molecule has 0 spiro atoms. The smallest absolute Gasteiger partial charge is 0.408 e. The second-order valence-electron chi connectivity index (χ2n) is 7.20. The molecule has 0 saturated heterocycles. The zero-order chi connectivity index (χ0) is 21.6. The van der Waals surface area contributed by atoms with E-state index in [1.807, 2.05) is 58.0 Å². The number of ether oxygens (including phenoxy) is 1. The van der Waals surface area contributed by atoms with Crippen molar-refractivity contribution in [3.8, 4) is 0 Å². The van der Waals surface area contributed by atoms with Gasteiger partial charge < -0.3 is 20.7 Å². The van der Waals surface area contributed by atoms with Crippen molar-refractivity contribution in [2.75, 3.05) is 13.1 Å². The highest BCUT2D eigenvalue weighted by molar-refractivity contribution is 5.86. The molecule has 0 fully saturated rings. The number of carbonyl (C=O) groups is 3. The Morgan fingerprint density at radius 1 is 1.00 bits per heavy atom. The number of amides is 3. The lowest BCUT2D eigenvalue weighted by Gasteiger charge is -2.23. The Morgan fingerprint density at radius 3 is 2.28 bits per heavy atom. The number of alkyl carbamates (subject to hydrolysis) is 1. The molecule has 7 nitrogen and oxygen atoms in total. The van der Waals surface area contributed by atoms with Gasteiger partial charge in [-0.3, -0.25) is 9.59 Å². The van der Waals surface area contributed by atoms with Crippen LogP contribution in [0.3, 0.4) is 0 Å². The minimum atomic E-state index is -0.703. The summed E-state index contributed by atoms with van der Waals surface area (Å²) in [7, 11) is 0. The largest absolute Gasteiger partial charge is 0.445 e. The Kier molecular flexibility index (Phi) is 11.5. The third kappa shape index (κ3) is 9.96. The van der Waals surface area contributed by atoms with Crippen LogP contribution >= 0.6 is 0 Å². The Bertz CT molecular complexity index is 636. The maximum absolute atomic E-state index is 12.5. The Hall–Kier alpha value is -2.57. The van der Waals surface area contributed by atoms with Crippen LogP contribution in [0, 0.1) is 18.3 Å². The molecule has 0 heterocycles. The molecule has 0 aliphatic rings. The summed E-state index contributed by atoms with van der Waals surface area (Å²) in [5.74, 6) is -0.288. The Morgan fingerprint density at radius 2 is 1.66 bits per heavy atom. The van der Waals surface area contributed by atoms with Crippen LogP contribution in [0.5, 0.6) is 0 Å². The van der Waals surface area contributed by atoms with Crippen LogP contribution in [0.1, 0.15) is 46.1 Å². The summed E-state index contributed by atoms with van der Waals surface area (Å²) in [5, 5.41) is 8.16. The lowest BCUT2D eigenvalue weighted by molar-refractivity contribution is -0.124. The molecule has 1 rings (SSSR count). The molecule has 161 valence electrons. The lowest BCUT2D eigenvalue weighted by Crippen LogP contribution is -2.51. The fraction of sp³-hybridized carbons (Fsp3) is 0.545. The average molecular weight is 405 g/mol. The summed E-state index contributed by atoms with van der Waals surface area (Å²) in [6.07, 6.45) is 2.61. The van der Waals surface area contributed by atoms with Crippen molar-refractivity contribution in [2.24, 2.45) is 11.8 Å². The van der Waals surface area contributed by atoms with Gasteiger partial charge in [0.25, 0.3) is 0 Å². The zero-order valence-electron chi connectivity index (χ0n) is 17.9. The van der Waals surface area contributed by atoms with Gasteiger partial charge in [0, 0.05) is 13.1 Å². The van der Waals surface area contributed by atoms with E-state index >= 15 is 0 Å². The first-order valence-electron chi connectivity index (χ1n) is 10.2. The van der Waals surface area contributed by atoms with Gasteiger partial charge in [-0.2, -0.15) is 0 Å². The number of hydrogen-bond acceptors (Lipinski definition) is 4. The molecule has 0 aliphatic carbocycles. The van der Waals surface area contributed by atoms with Crippen LogP contribution in [0.25, 0.3) is 0 Å². The molecule has 0 bridgehead atoms. The van der Waals surface area contributed by atoms with E-state index in [4.69, 9.17) is 4.74 Å². The molecule has 1 aromatic rings. The highest BCUT2D eigenvalue weighted by atomic mass is 16.5. The predicted octanol–water partition coefficient (Wildman–Crippen LogP) is 2.81. The minimum absolute atomic E-state index is 0.0624. The van der Waals surface area contributed by atoms with Crippen molar-refractivity contribution in [1.29, 1.82) is 0 Å². The van der Waals surface area contributed by atoms with E-state index in [0.29, 0.717) is 6.54 Å². The van der Waals surface area contributed by atoms with E-state index in [0.717, 1.165) is 18.4 Å². The summed E-state index contributed by atoms with van der Waals surface area (Å²) in [6.45, 7) is 8.58. The highest BCUT2D eigenvalue weighted by Gasteiger charge is 2.26. The van der Waals surface area contributed by atoms with E-state index in [9.17, 15) is 14.4 Å². The van der Waals surface area contributed by atoms with Crippen LogP contribution in [0.15, 0.2) is 30.3 Å². The van der Waals surface area contributed by atoms with Crippen molar-refractivity contribution in [2.45, 2.75) is 53.2 Å². The predicted molar refractivity (Wildman–Crippen MR) is 113 cm³/mol. The van der Waals surface area contributed by atoms with Crippen LogP contribution in [0.4, 0.5) is 4.79 Å². The zero-order valence-corrected chi connectivity index (χ0v) is 17.9. The first-order chi connectivity index (χ1) is 13.9. The van der Waals surface area contributed by atoms with Gasteiger partial charge in [-0.1, -0.05) is 70.9 Å². The minimum Gasteiger partial charge on any atom is -0.445 e. The lowest BCUT2D eigenvalue weighted by atomic mass is 9.98. The van der Waals surface area contributed by atoms with Crippen LogP contribution < -0.4 is 16.0 Å². The normalized spacial score (nSPS) is 13.7. The summed E-state index contributed by atoms with van der Waals surface area (Å²) >= 11 is 0. The van der Waals surface area contributed by atoms with Gasteiger partial charge >= 0.3 is 6.09 Å². The van der Waals surface area contributed by atoms with Gasteiger partial charge in [0.2, 0.25) is 11.8 Å². The molecule has 0 aromatic heterocycles. The number of rotatable bonds is 12. The van der Waals surface area contributed by atoms with Crippen molar-refractivity contribution >= 4 is 17.9 Å². The monoisotopic (exact) mass is 404 g/mol. The van der Waals surface area contributed by atoms with Crippen LogP contribution in [-0.2, 0) is 20.9 Å². The summed E-state index contributed by atoms with van der Waals surface area (Å²) in [4.78, 5) is 36.4. The van der Waals surface area contributed by atoms with E-state index in [2.05, 4.69) is 16.0 Å². The first-order valence-corrected chi connectivity index (χ1v) is 10.2. The molecule has 1 radical (unpaired) electrons. The molecular formula is C22H34N3O4. The molecule has 3 atom stereocenters. The Balaban J connectivity index is 2.43. The molecule has 3 N–H and O–H groups in total. The SMILES string of the molecule is CCC(C)[CH]C(=O)NCCNC(=O)C(NC(=O)OCc1ccccc1)C(C)CC. The van der Waals surface area contributed by atoms with Gasteiger partial charge in [-0.15, -0.1) is 0 Å². The molecule has 3 amide bonds.